The molecule has 0 aromatic heterocycles. The van der Waals surface area contributed by atoms with Crippen LogP contribution in [0.25, 0.3) is 0 Å². The summed E-state index contributed by atoms with van der Waals surface area (Å²) in [6.07, 6.45) is 4.18. The van der Waals surface area contributed by atoms with Crippen LogP contribution >= 0.6 is 0 Å². The fourth-order valence-corrected chi connectivity index (χ4v) is 2.63. The number of hydrogen-bond donors (Lipinski definition) is 2. The van der Waals surface area contributed by atoms with E-state index in [-0.39, 0.29) is 5.69 Å². The molecule has 0 unspecified atom stereocenters. The summed E-state index contributed by atoms with van der Waals surface area (Å²) in [5.74, 6) is -0.806. The number of benzene rings is 1. The number of carboxylic acid groups (broad SMARTS) is 1. The van der Waals surface area contributed by atoms with Crippen molar-refractivity contribution in [2.45, 2.75) is 44.2 Å². The van der Waals surface area contributed by atoms with Gasteiger partial charge in [0.25, 0.3) is 5.69 Å². The predicted molar refractivity (Wildman–Crippen MR) is 73.4 cm³/mol. The van der Waals surface area contributed by atoms with Crippen molar-refractivity contribution in [1.82, 2.24) is 5.32 Å². The van der Waals surface area contributed by atoms with Gasteiger partial charge in [0.05, 0.1) is 4.92 Å². The monoisotopic (exact) mass is 278 g/mol. The fraction of sp³-hybridized carbons (Fsp3) is 0.500. The SMILES string of the molecule is O=C(O)C1(NCc2ccc([N+](=O)[O-])cc2)CCCCC1. The summed E-state index contributed by atoms with van der Waals surface area (Å²) in [5, 5.41) is 23.1. The topological polar surface area (TPSA) is 92.5 Å². The summed E-state index contributed by atoms with van der Waals surface area (Å²) in [5.41, 5.74) is 0.0428. The lowest BCUT2D eigenvalue weighted by Gasteiger charge is -2.34. The van der Waals surface area contributed by atoms with Crippen molar-refractivity contribution in [2.24, 2.45) is 0 Å². The second-order valence-corrected chi connectivity index (χ2v) is 5.23. The third-order valence-corrected chi connectivity index (χ3v) is 3.89. The van der Waals surface area contributed by atoms with Gasteiger partial charge in [-0.05, 0) is 18.4 Å². The molecule has 0 atom stereocenters. The maximum absolute atomic E-state index is 11.5. The number of nitrogens with zero attached hydrogens (tertiary/aromatic N) is 1. The number of aliphatic carboxylic acids is 1. The summed E-state index contributed by atoms with van der Waals surface area (Å²) in [4.78, 5) is 21.6. The third-order valence-electron chi connectivity index (χ3n) is 3.89. The quantitative estimate of drug-likeness (QED) is 0.637. The summed E-state index contributed by atoms with van der Waals surface area (Å²) >= 11 is 0. The molecule has 0 heterocycles. The second-order valence-electron chi connectivity index (χ2n) is 5.23. The Kier molecular flexibility index (Phi) is 4.34. The van der Waals surface area contributed by atoms with Gasteiger partial charge in [0.1, 0.15) is 5.54 Å². The first-order valence-corrected chi connectivity index (χ1v) is 6.75. The van der Waals surface area contributed by atoms with Crippen molar-refractivity contribution in [3.8, 4) is 0 Å². The van der Waals surface area contributed by atoms with Gasteiger partial charge in [0.2, 0.25) is 0 Å². The number of rotatable bonds is 5. The average molecular weight is 278 g/mol. The highest BCUT2D eigenvalue weighted by Gasteiger charge is 2.38. The maximum Gasteiger partial charge on any atom is 0.323 e. The first-order chi connectivity index (χ1) is 9.53. The van der Waals surface area contributed by atoms with E-state index in [1.165, 1.54) is 12.1 Å². The van der Waals surface area contributed by atoms with Crippen molar-refractivity contribution < 1.29 is 14.8 Å². The first kappa shape index (κ1) is 14.5. The lowest BCUT2D eigenvalue weighted by atomic mass is 9.81. The number of nitro benzene ring substituents is 1. The van der Waals surface area contributed by atoms with Crippen LogP contribution in [0.1, 0.15) is 37.7 Å². The molecule has 1 aromatic carbocycles. The van der Waals surface area contributed by atoms with E-state index in [0.29, 0.717) is 19.4 Å². The summed E-state index contributed by atoms with van der Waals surface area (Å²) in [6, 6.07) is 6.18. The van der Waals surface area contributed by atoms with Gasteiger partial charge in [-0.3, -0.25) is 20.2 Å². The number of nitro groups is 1. The van der Waals surface area contributed by atoms with Crippen LogP contribution in [-0.4, -0.2) is 21.5 Å². The molecule has 0 aliphatic heterocycles. The summed E-state index contributed by atoms with van der Waals surface area (Å²) in [6.45, 7) is 0.407. The van der Waals surface area contributed by atoms with Crippen molar-refractivity contribution in [2.75, 3.05) is 0 Å². The van der Waals surface area contributed by atoms with Crippen LogP contribution in [0.4, 0.5) is 5.69 Å². The minimum atomic E-state index is -0.847. The molecule has 108 valence electrons. The largest absolute Gasteiger partial charge is 0.480 e. The summed E-state index contributed by atoms with van der Waals surface area (Å²) in [7, 11) is 0. The summed E-state index contributed by atoms with van der Waals surface area (Å²) < 4.78 is 0. The van der Waals surface area contributed by atoms with E-state index in [9.17, 15) is 20.0 Å². The average Bonchev–Trinajstić information content (AvgIpc) is 2.46. The van der Waals surface area contributed by atoms with Crippen molar-refractivity contribution in [3.05, 3.63) is 39.9 Å². The number of non-ortho nitro benzene ring substituents is 1. The molecule has 0 saturated heterocycles. The minimum Gasteiger partial charge on any atom is -0.480 e. The van der Waals surface area contributed by atoms with E-state index in [1.807, 2.05) is 0 Å². The van der Waals surface area contributed by atoms with Gasteiger partial charge in [-0.25, -0.2) is 0 Å². The standard InChI is InChI=1S/C14H18N2O4/c17-13(18)14(8-2-1-3-9-14)15-10-11-4-6-12(7-5-11)16(19)20/h4-7,15H,1-3,8-10H2,(H,17,18). The Balaban J connectivity index is 2.02. The first-order valence-electron chi connectivity index (χ1n) is 6.75. The molecule has 6 heteroatoms. The van der Waals surface area contributed by atoms with Crippen LogP contribution in [0, 0.1) is 10.1 Å². The van der Waals surface area contributed by atoms with Crippen LogP contribution in [-0.2, 0) is 11.3 Å². The number of carbonyl (C=O) groups is 1. The Morgan fingerprint density at radius 2 is 1.85 bits per heavy atom. The zero-order valence-electron chi connectivity index (χ0n) is 11.2. The Morgan fingerprint density at radius 3 is 2.35 bits per heavy atom. The Hall–Kier alpha value is -1.95. The lowest BCUT2D eigenvalue weighted by Crippen LogP contribution is -2.52. The molecule has 20 heavy (non-hydrogen) atoms. The molecule has 2 rings (SSSR count). The minimum absolute atomic E-state index is 0.0411. The van der Waals surface area contributed by atoms with Crippen LogP contribution in [0.5, 0.6) is 0 Å². The molecular weight excluding hydrogens is 260 g/mol. The maximum atomic E-state index is 11.5. The highest BCUT2D eigenvalue weighted by molar-refractivity contribution is 5.78. The highest BCUT2D eigenvalue weighted by atomic mass is 16.6. The molecule has 0 amide bonds. The molecular formula is C14H18N2O4. The van der Waals surface area contributed by atoms with Crippen LogP contribution in [0.2, 0.25) is 0 Å². The van der Waals surface area contributed by atoms with Crippen LogP contribution in [0.15, 0.2) is 24.3 Å². The molecule has 0 bridgehead atoms. The number of nitrogens with one attached hydrogen (secondary N) is 1. The molecule has 0 spiro atoms. The number of hydrogen-bond acceptors (Lipinski definition) is 4. The van der Waals surface area contributed by atoms with Gasteiger partial charge in [0, 0.05) is 18.7 Å². The van der Waals surface area contributed by atoms with E-state index in [2.05, 4.69) is 5.32 Å². The normalized spacial score (nSPS) is 17.6. The lowest BCUT2D eigenvalue weighted by molar-refractivity contribution is -0.384. The number of carboxylic acids is 1. The van der Waals surface area contributed by atoms with Gasteiger partial charge in [-0.15, -0.1) is 0 Å². The van der Waals surface area contributed by atoms with Gasteiger partial charge >= 0.3 is 5.97 Å². The Bertz CT molecular complexity index is 492. The molecule has 2 N–H and O–H groups in total. The van der Waals surface area contributed by atoms with Crippen molar-refractivity contribution in [1.29, 1.82) is 0 Å². The second kappa shape index (κ2) is 6.00. The highest BCUT2D eigenvalue weighted by Crippen LogP contribution is 2.29. The smallest absolute Gasteiger partial charge is 0.323 e. The van der Waals surface area contributed by atoms with Gasteiger partial charge in [-0.1, -0.05) is 31.4 Å². The van der Waals surface area contributed by atoms with E-state index in [0.717, 1.165) is 24.8 Å². The zero-order valence-corrected chi connectivity index (χ0v) is 11.2. The van der Waals surface area contributed by atoms with Crippen LogP contribution < -0.4 is 5.32 Å². The molecule has 1 aromatic rings. The van der Waals surface area contributed by atoms with Gasteiger partial charge < -0.3 is 5.11 Å². The van der Waals surface area contributed by atoms with Crippen LogP contribution in [0.3, 0.4) is 0 Å². The molecule has 1 aliphatic carbocycles. The van der Waals surface area contributed by atoms with E-state index >= 15 is 0 Å². The molecule has 6 nitrogen and oxygen atoms in total. The van der Waals surface area contributed by atoms with Crippen molar-refractivity contribution in [3.63, 3.8) is 0 Å². The van der Waals surface area contributed by atoms with E-state index < -0.39 is 16.4 Å². The van der Waals surface area contributed by atoms with E-state index in [1.54, 1.807) is 12.1 Å². The zero-order chi connectivity index (χ0) is 14.6. The Morgan fingerprint density at radius 1 is 1.25 bits per heavy atom. The predicted octanol–water partition coefficient (Wildman–Crippen LogP) is 2.47. The van der Waals surface area contributed by atoms with Gasteiger partial charge in [0.15, 0.2) is 0 Å². The fourth-order valence-electron chi connectivity index (χ4n) is 2.63. The molecule has 0 radical (unpaired) electrons. The van der Waals surface area contributed by atoms with E-state index in [4.69, 9.17) is 0 Å². The van der Waals surface area contributed by atoms with Gasteiger partial charge in [-0.2, -0.15) is 0 Å². The molecule has 1 fully saturated rings. The third kappa shape index (κ3) is 3.14. The molecule has 1 saturated carbocycles. The van der Waals surface area contributed by atoms with Crippen molar-refractivity contribution >= 4 is 11.7 Å². The Labute approximate surface area is 117 Å². The molecule has 1 aliphatic rings.